The van der Waals surface area contributed by atoms with Crippen LogP contribution in [0, 0.1) is 19.7 Å². The molecule has 1 saturated carbocycles. The fourth-order valence-electron chi connectivity index (χ4n) is 3.26. The normalized spacial score (nSPS) is 16.8. The zero-order chi connectivity index (χ0) is 15.8. The van der Waals surface area contributed by atoms with Crippen molar-refractivity contribution in [2.75, 3.05) is 12.3 Å². The number of nitrogens with zero attached hydrogens (tertiary/aromatic N) is 1. The molecular formula is C15H23FN2O2S. The van der Waals surface area contributed by atoms with Gasteiger partial charge in [0.05, 0.1) is 10.6 Å². The quantitative estimate of drug-likeness (QED) is 0.869. The number of rotatable bonds is 4. The van der Waals surface area contributed by atoms with Gasteiger partial charge in [-0.1, -0.05) is 19.8 Å². The third kappa shape index (κ3) is 2.79. The second-order valence-electron chi connectivity index (χ2n) is 5.69. The Kier molecular flexibility index (Phi) is 4.58. The molecule has 118 valence electrons. The van der Waals surface area contributed by atoms with Crippen LogP contribution < -0.4 is 5.73 Å². The molecule has 0 spiro atoms. The first-order valence-electron chi connectivity index (χ1n) is 7.37. The fraction of sp³-hybridized carbons (Fsp3) is 0.600. The molecule has 0 unspecified atom stereocenters. The predicted octanol–water partition coefficient (Wildman–Crippen LogP) is 2.98. The molecule has 0 aromatic heterocycles. The van der Waals surface area contributed by atoms with Crippen LogP contribution in [-0.4, -0.2) is 25.3 Å². The van der Waals surface area contributed by atoms with Crippen molar-refractivity contribution in [3.8, 4) is 0 Å². The van der Waals surface area contributed by atoms with E-state index in [1.54, 1.807) is 18.2 Å². The Morgan fingerprint density at radius 2 is 1.90 bits per heavy atom. The van der Waals surface area contributed by atoms with Crippen LogP contribution in [0.25, 0.3) is 0 Å². The molecule has 0 radical (unpaired) electrons. The molecule has 0 atom stereocenters. The van der Waals surface area contributed by atoms with E-state index in [2.05, 4.69) is 0 Å². The molecule has 0 heterocycles. The fourth-order valence-corrected chi connectivity index (χ4v) is 5.40. The average Bonchev–Trinajstić information content (AvgIpc) is 2.90. The second kappa shape index (κ2) is 5.93. The molecule has 0 aliphatic heterocycles. The Balaban J connectivity index is 2.55. The zero-order valence-electron chi connectivity index (χ0n) is 12.8. The first kappa shape index (κ1) is 16.2. The lowest BCUT2D eigenvalue weighted by molar-refractivity contribution is 0.335. The summed E-state index contributed by atoms with van der Waals surface area (Å²) in [4.78, 5) is 0.162. The Morgan fingerprint density at radius 3 is 2.43 bits per heavy atom. The minimum Gasteiger partial charge on any atom is -0.396 e. The van der Waals surface area contributed by atoms with Crippen molar-refractivity contribution in [3.05, 3.63) is 23.0 Å². The number of anilines is 1. The summed E-state index contributed by atoms with van der Waals surface area (Å²) in [5.74, 6) is -0.562. The van der Waals surface area contributed by atoms with Gasteiger partial charge < -0.3 is 5.73 Å². The van der Waals surface area contributed by atoms with Crippen LogP contribution in [-0.2, 0) is 10.0 Å². The number of sulfonamides is 1. The summed E-state index contributed by atoms with van der Waals surface area (Å²) in [6.07, 6.45) is 3.89. The zero-order valence-corrected chi connectivity index (χ0v) is 13.6. The summed E-state index contributed by atoms with van der Waals surface area (Å²) in [6.45, 7) is 5.45. The van der Waals surface area contributed by atoms with E-state index in [-0.39, 0.29) is 16.6 Å². The van der Waals surface area contributed by atoms with Gasteiger partial charge in [-0.25, -0.2) is 12.8 Å². The number of benzene rings is 1. The van der Waals surface area contributed by atoms with Gasteiger partial charge in [0.15, 0.2) is 0 Å². The number of hydrogen-bond acceptors (Lipinski definition) is 3. The van der Waals surface area contributed by atoms with Gasteiger partial charge in [0.2, 0.25) is 10.0 Å². The maximum Gasteiger partial charge on any atom is 0.243 e. The number of aryl methyl sites for hydroxylation is 1. The molecule has 0 amide bonds. The van der Waals surface area contributed by atoms with Gasteiger partial charge in [-0.3, -0.25) is 0 Å². The van der Waals surface area contributed by atoms with Gasteiger partial charge in [0.1, 0.15) is 5.82 Å². The highest BCUT2D eigenvalue weighted by Crippen LogP contribution is 2.33. The summed E-state index contributed by atoms with van der Waals surface area (Å²) in [5.41, 5.74) is 6.33. The molecule has 0 saturated heterocycles. The van der Waals surface area contributed by atoms with E-state index in [0.29, 0.717) is 17.7 Å². The lowest BCUT2D eigenvalue weighted by Crippen LogP contribution is -2.39. The molecule has 2 rings (SSSR count). The molecule has 1 aliphatic rings. The molecule has 1 aromatic carbocycles. The van der Waals surface area contributed by atoms with Crippen LogP contribution in [0.5, 0.6) is 0 Å². The van der Waals surface area contributed by atoms with Crippen LogP contribution in [0.3, 0.4) is 0 Å². The molecular weight excluding hydrogens is 291 g/mol. The van der Waals surface area contributed by atoms with E-state index in [9.17, 15) is 12.8 Å². The van der Waals surface area contributed by atoms with Crippen molar-refractivity contribution in [1.29, 1.82) is 0 Å². The topological polar surface area (TPSA) is 63.4 Å². The first-order chi connectivity index (χ1) is 9.80. The molecule has 0 bridgehead atoms. The third-order valence-electron chi connectivity index (χ3n) is 4.31. The van der Waals surface area contributed by atoms with Gasteiger partial charge in [0.25, 0.3) is 0 Å². The van der Waals surface area contributed by atoms with E-state index in [1.807, 2.05) is 6.92 Å². The van der Waals surface area contributed by atoms with Gasteiger partial charge >= 0.3 is 0 Å². The third-order valence-corrected chi connectivity index (χ3v) is 6.63. The highest BCUT2D eigenvalue weighted by molar-refractivity contribution is 7.89. The molecule has 1 aromatic rings. The van der Waals surface area contributed by atoms with Crippen molar-refractivity contribution in [1.82, 2.24) is 4.31 Å². The Morgan fingerprint density at radius 1 is 1.33 bits per heavy atom. The highest BCUT2D eigenvalue weighted by atomic mass is 32.2. The predicted molar refractivity (Wildman–Crippen MR) is 82.1 cm³/mol. The monoisotopic (exact) mass is 314 g/mol. The van der Waals surface area contributed by atoms with Crippen LogP contribution in [0.15, 0.2) is 11.0 Å². The molecule has 21 heavy (non-hydrogen) atoms. The minimum absolute atomic E-state index is 0.0464. The largest absolute Gasteiger partial charge is 0.396 e. The lowest BCUT2D eigenvalue weighted by atomic mass is 10.1. The van der Waals surface area contributed by atoms with E-state index in [1.165, 1.54) is 6.07 Å². The van der Waals surface area contributed by atoms with Crippen LogP contribution >= 0.6 is 0 Å². The van der Waals surface area contributed by atoms with E-state index in [4.69, 9.17) is 5.73 Å². The Labute approximate surface area is 126 Å². The van der Waals surface area contributed by atoms with Crippen LogP contribution in [0.4, 0.5) is 10.1 Å². The van der Waals surface area contributed by atoms with Gasteiger partial charge in [-0.05, 0) is 43.9 Å². The number of nitrogens with two attached hydrogens (primary N) is 1. The first-order valence-corrected chi connectivity index (χ1v) is 8.81. The van der Waals surface area contributed by atoms with E-state index in [0.717, 1.165) is 25.7 Å². The van der Waals surface area contributed by atoms with Crippen molar-refractivity contribution in [2.24, 2.45) is 0 Å². The summed E-state index contributed by atoms with van der Waals surface area (Å²) >= 11 is 0. The maximum absolute atomic E-state index is 13.7. The van der Waals surface area contributed by atoms with Crippen molar-refractivity contribution in [2.45, 2.75) is 57.4 Å². The number of hydrogen-bond donors (Lipinski definition) is 1. The molecule has 1 fully saturated rings. The minimum atomic E-state index is -3.65. The van der Waals surface area contributed by atoms with Gasteiger partial charge in [-0.2, -0.15) is 4.31 Å². The van der Waals surface area contributed by atoms with Gasteiger partial charge in [-0.15, -0.1) is 0 Å². The van der Waals surface area contributed by atoms with E-state index < -0.39 is 15.8 Å². The summed E-state index contributed by atoms with van der Waals surface area (Å²) < 4.78 is 41.2. The Bertz CT molecular complexity index is 638. The number of halogens is 1. The average molecular weight is 314 g/mol. The summed E-state index contributed by atoms with van der Waals surface area (Å²) in [6, 6.07) is 1.25. The lowest BCUT2D eigenvalue weighted by Gasteiger charge is -2.28. The standard InChI is InChI=1S/C15H23FN2O2S/c1-4-18(12-7-5-6-8-12)21(19,20)15-10(2)9-13(16)14(17)11(15)3/h9,12H,4-8,17H2,1-3H3. The van der Waals surface area contributed by atoms with Crippen LogP contribution in [0.1, 0.15) is 43.7 Å². The smallest absolute Gasteiger partial charge is 0.243 e. The highest BCUT2D eigenvalue weighted by Gasteiger charge is 2.34. The molecule has 1 aliphatic carbocycles. The Hall–Kier alpha value is -1.14. The maximum atomic E-state index is 13.7. The van der Waals surface area contributed by atoms with Crippen LogP contribution in [0.2, 0.25) is 0 Å². The summed E-state index contributed by atoms with van der Waals surface area (Å²) in [5, 5.41) is 0. The molecule has 6 heteroatoms. The number of nitrogen functional groups attached to an aromatic ring is 1. The summed E-state index contributed by atoms with van der Waals surface area (Å²) in [7, 11) is -3.65. The van der Waals surface area contributed by atoms with Crippen molar-refractivity contribution in [3.63, 3.8) is 0 Å². The van der Waals surface area contributed by atoms with E-state index >= 15 is 0 Å². The molecule has 2 N–H and O–H groups in total. The molecule has 4 nitrogen and oxygen atoms in total. The second-order valence-corrected chi connectivity index (χ2v) is 7.52. The van der Waals surface area contributed by atoms with Crippen molar-refractivity contribution < 1.29 is 12.8 Å². The van der Waals surface area contributed by atoms with Gasteiger partial charge in [0, 0.05) is 12.6 Å². The SMILES string of the molecule is CCN(C1CCCC1)S(=O)(=O)c1c(C)cc(F)c(N)c1C. The van der Waals surface area contributed by atoms with Crippen molar-refractivity contribution >= 4 is 15.7 Å².